The Bertz CT molecular complexity index is 222. The van der Waals surface area contributed by atoms with Gasteiger partial charge in [-0.1, -0.05) is 13.2 Å². The molecule has 0 heterocycles. The number of aliphatic carboxylic acids is 1. The number of hydrogen-bond acceptors (Lipinski definition) is 2. The van der Waals surface area contributed by atoms with Crippen molar-refractivity contribution in [1.29, 1.82) is 0 Å². The van der Waals surface area contributed by atoms with E-state index in [1.165, 1.54) is 6.20 Å². The molecule has 0 aromatic carbocycles. The predicted octanol–water partition coefficient (Wildman–Crippen LogP) is 1.17. The second kappa shape index (κ2) is 7.09. The highest BCUT2D eigenvalue weighted by Gasteiger charge is 1.95. The summed E-state index contributed by atoms with van der Waals surface area (Å²) in [4.78, 5) is 14.2. The number of carboxylic acid groups (broad SMARTS) is 1. The van der Waals surface area contributed by atoms with Crippen molar-refractivity contribution in [2.24, 2.45) is 4.99 Å². The molecule has 0 aliphatic heterocycles. The monoisotopic (exact) mass is 182 g/mol. The predicted molar refractivity (Wildman–Crippen MR) is 52.7 cm³/mol. The largest absolute Gasteiger partial charge is 0.481 e. The van der Waals surface area contributed by atoms with Crippen molar-refractivity contribution in [3.63, 3.8) is 0 Å². The fourth-order valence-electron chi connectivity index (χ4n) is 0.703. The van der Waals surface area contributed by atoms with Crippen LogP contribution in [0.15, 0.2) is 30.4 Å². The van der Waals surface area contributed by atoms with Crippen LogP contribution in [-0.4, -0.2) is 23.5 Å². The number of carboxylic acids is 1. The molecule has 4 heteroatoms. The number of hydrogen-bond donors (Lipinski definition) is 2. The van der Waals surface area contributed by atoms with Crippen LogP contribution in [0.3, 0.4) is 0 Å². The van der Waals surface area contributed by atoms with Crippen molar-refractivity contribution in [1.82, 2.24) is 5.32 Å². The van der Waals surface area contributed by atoms with E-state index in [4.69, 9.17) is 5.11 Å². The average molecular weight is 182 g/mol. The van der Waals surface area contributed by atoms with Crippen LogP contribution < -0.4 is 5.32 Å². The quantitative estimate of drug-likeness (QED) is 0.368. The minimum Gasteiger partial charge on any atom is -0.481 e. The van der Waals surface area contributed by atoms with E-state index in [1.807, 2.05) is 0 Å². The number of nitrogens with zero attached hydrogens (tertiary/aromatic N) is 1. The summed E-state index contributed by atoms with van der Waals surface area (Å²) in [5.41, 5.74) is 0. The van der Waals surface area contributed by atoms with Crippen molar-refractivity contribution in [3.05, 3.63) is 25.4 Å². The number of rotatable bonds is 6. The first-order valence-electron chi connectivity index (χ1n) is 3.96. The normalized spacial score (nSPS) is 10.6. The SMILES string of the molecule is C=CNC(C=C)=NCCCC(=O)O. The van der Waals surface area contributed by atoms with E-state index >= 15 is 0 Å². The van der Waals surface area contributed by atoms with E-state index in [2.05, 4.69) is 23.5 Å². The van der Waals surface area contributed by atoms with Crippen molar-refractivity contribution >= 4 is 11.8 Å². The molecule has 0 spiro atoms. The molecule has 0 unspecified atom stereocenters. The maximum absolute atomic E-state index is 10.1. The summed E-state index contributed by atoms with van der Waals surface area (Å²) < 4.78 is 0. The van der Waals surface area contributed by atoms with Crippen LogP contribution in [0.5, 0.6) is 0 Å². The minimum atomic E-state index is -0.799. The Balaban J connectivity index is 3.72. The van der Waals surface area contributed by atoms with Gasteiger partial charge in [0, 0.05) is 13.0 Å². The maximum Gasteiger partial charge on any atom is 0.303 e. The van der Waals surface area contributed by atoms with Gasteiger partial charge < -0.3 is 10.4 Å². The lowest BCUT2D eigenvalue weighted by molar-refractivity contribution is -0.137. The zero-order valence-corrected chi connectivity index (χ0v) is 7.49. The summed E-state index contributed by atoms with van der Waals surface area (Å²) in [6.07, 6.45) is 3.73. The van der Waals surface area contributed by atoms with Gasteiger partial charge in [-0.15, -0.1) is 0 Å². The number of nitrogens with one attached hydrogen (secondary N) is 1. The van der Waals surface area contributed by atoms with E-state index in [0.29, 0.717) is 18.8 Å². The van der Waals surface area contributed by atoms with Crippen molar-refractivity contribution < 1.29 is 9.90 Å². The first kappa shape index (κ1) is 11.4. The smallest absolute Gasteiger partial charge is 0.303 e. The highest BCUT2D eigenvalue weighted by molar-refractivity contribution is 5.93. The summed E-state index contributed by atoms with van der Waals surface area (Å²) in [5.74, 6) is -0.188. The van der Waals surface area contributed by atoms with Crippen molar-refractivity contribution in [2.45, 2.75) is 12.8 Å². The first-order valence-corrected chi connectivity index (χ1v) is 3.96. The molecular weight excluding hydrogens is 168 g/mol. The van der Waals surface area contributed by atoms with Crippen LogP contribution in [0.4, 0.5) is 0 Å². The van der Waals surface area contributed by atoms with Crippen LogP contribution in [-0.2, 0) is 4.79 Å². The third-order valence-electron chi connectivity index (χ3n) is 1.27. The van der Waals surface area contributed by atoms with Crippen LogP contribution in [0, 0.1) is 0 Å². The lowest BCUT2D eigenvalue weighted by Gasteiger charge is -1.98. The molecule has 0 aromatic heterocycles. The number of carbonyl (C=O) groups is 1. The van der Waals surface area contributed by atoms with E-state index in [1.54, 1.807) is 6.08 Å². The minimum absolute atomic E-state index is 0.141. The third-order valence-corrected chi connectivity index (χ3v) is 1.27. The molecule has 0 aliphatic carbocycles. The topological polar surface area (TPSA) is 61.7 Å². The van der Waals surface area contributed by atoms with Gasteiger partial charge in [0.1, 0.15) is 5.84 Å². The zero-order chi connectivity index (χ0) is 10.1. The Kier molecular flexibility index (Phi) is 6.23. The van der Waals surface area contributed by atoms with Gasteiger partial charge in [-0.05, 0) is 18.7 Å². The van der Waals surface area contributed by atoms with Gasteiger partial charge in [0.25, 0.3) is 0 Å². The molecule has 0 rings (SSSR count). The molecular formula is C9H14N2O2. The first-order chi connectivity index (χ1) is 6.20. The lowest BCUT2D eigenvalue weighted by Crippen LogP contribution is -2.14. The summed E-state index contributed by atoms with van der Waals surface area (Å²) in [7, 11) is 0. The molecule has 0 amide bonds. The summed E-state index contributed by atoms with van der Waals surface area (Å²) in [6.45, 7) is 7.49. The fourth-order valence-corrected chi connectivity index (χ4v) is 0.703. The van der Waals surface area contributed by atoms with E-state index in [-0.39, 0.29) is 6.42 Å². The maximum atomic E-state index is 10.1. The Morgan fingerprint density at radius 2 is 2.23 bits per heavy atom. The summed E-state index contributed by atoms with van der Waals surface area (Å²) in [5, 5.41) is 11.1. The molecule has 0 saturated heterocycles. The molecule has 0 fully saturated rings. The second-order valence-corrected chi connectivity index (χ2v) is 2.32. The number of aliphatic imine (C=N–C) groups is 1. The molecule has 0 aliphatic rings. The summed E-state index contributed by atoms with van der Waals surface area (Å²) >= 11 is 0. The van der Waals surface area contributed by atoms with Crippen LogP contribution in [0.2, 0.25) is 0 Å². The molecule has 0 saturated carbocycles. The zero-order valence-electron chi connectivity index (χ0n) is 7.49. The highest BCUT2D eigenvalue weighted by atomic mass is 16.4. The molecule has 0 bridgehead atoms. The molecule has 72 valence electrons. The molecule has 0 aromatic rings. The molecule has 13 heavy (non-hydrogen) atoms. The molecule has 2 N–H and O–H groups in total. The third kappa shape index (κ3) is 6.80. The standard InChI is InChI=1S/C9H14N2O2/c1-3-8(10-4-2)11-7-5-6-9(12)13/h3-4H,1-2,5-7H2,(H,10,11)(H,12,13). The summed E-state index contributed by atoms with van der Waals surface area (Å²) in [6, 6.07) is 0. The van der Waals surface area contributed by atoms with Crippen LogP contribution in [0.25, 0.3) is 0 Å². The van der Waals surface area contributed by atoms with E-state index in [0.717, 1.165) is 0 Å². The Hall–Kier alpha value is -1.58. The van der Waals surface area contributed by atoms with Crippen molar-refractivity contribution in [2.75, 3.05) is 6.54 Å². The number of amidine groups is 1. The van der Waals surface area contributed by atoms with Gasteiger partial charge in [-0.2, -0.15) is 0 Å². The second-order valence-electron chi connectivity index (χ2n) is 2.32. The molecule has 0 radical (unpaired) electrons. The average Bonchev–Trinajstić information content (AvgIpc) is 2.10. The Labute approximate surface area is 77.7 Å². The Morgan fingerprint density at radius 3 is 2.69 bits per heavy atom. The molecule has 4 nitrogen and oxygen atoms in total. The van der Waals surface area contributed by atoms with Crippen molar-refractivity contribution in [3.8, 4) is 0 Å². The van der Waals surface area contributed by atoms with Gasteiger partial charge in [-0.25, -0.2) is 0 Å². The van der Waals surface area contributed by atoms with Crippen LogP contribution >= 0.6 is 0 Å². The van der Waals surface area contributed by atoms with Gasteiger partial charge in [0.05, 0.1) is 0 Å². The molecule has 0 atom stereocenters. The lowest BCUT2D eigenvalue weighted by atomic mass is 10.3. The fraction of sp³-hybridized carbons (Fsp3) is 0.333. The van der Waals surface area contributed by atoms with Gasteiger partial charge in [-0.3, -0.25) is 9.79 Å². The van der Waals surface area contributed by atoms with E-state index < -0.39 is 5.97 Å². The Morgan fingerprint density at radius 1 is 1.54 bits per heavy atom. The van der Waals surface area contributed by atoms with Crippen LogP contribution in [0.1, 0.15) is 12.8 Å². The van der Waals surface area contributed by atoms with Gasteiger partial charge in [0.15, 0.2) is 0 Å². The van der Waals surface area contributed by atoms with Gasteiger partial charge in [0.2, 0.25) is 0 Å². The van der Waals surface area contributed by atoms with Gasteiger partial charge >= 0.3 is 5.97 Å². The highest BCUT2D eigenvalue weighted by Crippen LogP contribution is 1.90. The van der Waals surface area contributed by atoms with E-state index in [9.17, 15) is 4.79 Å².